The monoisotopic (exact) mass is 451 g/mol. The number of hydrogen-bond acceptors (Lipinski definition) is 5. The maximum Gasteiger partial charge on any atom is 0.151 e. The molecule has 0 spiro atoms. The summed E-state index contributed by atoms with van der Waals surface area (Å²) in [6.45, 7) is 8.15. The molecule has 2 unspecified atom stereocenters. The third kappa shape index (κ3) is 6.78. The topological polar surface area (TPSA) is 44.8 Å². The Labute approximate surface area is 199 Å². The fraction of sp³-hybridized carbons (Fsp3) is 0.607. The molecule has 3 aliphatic rings. The summed E-state index contributed by atoms with van der Waals surface area (Å²) in [6.07, 6.45) is 16.2. The molecular weight excluding hydrogens is 410 g/mol. The molecule has 0 bridgehead atoms. The molecule has 0 amide bonds. The Balaban J connectivity index is 1.39. The Morgan fingerprint density at radius 1 is 0.939 bits per heavy atom. The number of likely N-dealkylation sites (tertiary alicyclic amines) is 2. The lowest BCUT2D eigenvalue weighted by Crippen LogP contribution is -2.50. The van der Waals surface area contributed by atoms with Crippen LogP contribution >= 0.6 is 0 Å². The summed E-state index contributed by atoms with van der Waals surface area (Å²) >= 11 is 0. The van der Waals surface area contributed by atoms with Crippen LogP contribution in [0.15, 0.2) is 54.3 Å². The molecule has 1 aromatic carbocycles. The number of allylic oxidation sites excluding steroid dienone is 2. The number of rotatable bonds is 11. The minimum Gasteiger partial charge on any atom is -0.494 e. The van der Waals surface area contributed by atoms with Crippen LogP contribution in [0.1, 0.15) is 56.4 Å². The van der Waals surface area contributed by atoms with Crippen LogP contribution in [0.25, 0.3) is 0 Å². The zero-order chi connectivity index (χ0) is 22.8. The van der Waals surface area contributed by atoms with Gasteiger partial charge in [0.1, 0.15) is 12.4 Å². The second-order valence-corrected chi connectivity index (χ2v) is 9.75. The highest BCUT2D eigenvalue weighted by Gasteiger charge is 2.36. The molecule has 180 valence electrons. The SMILES string of the molecule is O=CC1(NCCCN2CCCCC2)C=CC(c2ccccc2)C=C1OCCN1CCCCC1. The van der Waals surface area contributed by atoms with Gasteiger partial charge < -0.3 is 14.4 Å². The smallest absolute Gasteiger partial charge is 0.151 e. The zero-order valence-corrected chi connectivity index (χ0v) is 20.1. The second-order valence-electron chi connectivity index (χ2n) is 9.75. The number of aldehydes is 1. The zero-order valence-electron chi connectivity index (χ0n) is 20.1. The maximum atomic E-state index is 12.4. The van der Waals surface area contributed by atoms with Crippen LogP contribution in [-0.4, -0.2) is 74.0 Å². The normalized spacial score (nSPS) is 26.7. The van der Waals surface area contributed by atoms with Crippen LogP contribution in [-0.2, 0) is 9.53 Å². The van der Waals surface area contributed by atoms with Gasteiger partial charge >= 0.3 is 0 Å². The van der Waals surface area contributed by atoms with E-state index in [9.17, 15) is 4.79 Å². The van der Waals surface area contributed by atoms with Gasteiger partial charge in [-0.3, -0.25) is 10.2 Å². The van der Waals surface area contributed by atoms with Gasteiger partial charge in [-0.25, -0.2) is 0 Å². The molecule has 2 aliphatic heterocycles. The first kappa shape index (κ1) is 24.2. The van der Waals surface area contributed by atoms with Gasteiger partial charge in [0.2, 0.25) is 0 Å². The summed E-state index contributed by atoms with van der Waals surface area (Å²) < 4.78 is 6.36. The molecule has 0 saturated carbocycles. The number of ether oxygens (including phenoxy) is 1. The largest absolute Gasteiger partial charge is 0.494 e. The minimum atomic E-state index is -0.866. The van der Waals surface area contributed by atoms with Gasteiger partial charge in [0.05, 0.1) is 0 Å². The number of hydrogen-bond donors (Lipinski definition) is 1. The van der Waals surface area contributed by atoms with Crippen molar-refractivity contribution in [2.24, 2.45) is 0 Å². The van der Waals surface area contributed by atoms with Crippen molar-refractivity contribution in [2.45, 2.75) is 56.4 Å². The average Bonchev–Trinajstić information content (AvgIpc) is 2.89. The number of benzene rings is 1. The van der Waals surface area contributed by atoms with E-state index in [0.717, 1.165) is 51.2 Å². The fourth-order valence-electron chi connectivity index (χ4n) is 5.28. The van der Waals surface area contributed by atoms with E-state index in [2.05, 4.69) is 51.5 Å². The molecule has 4 rings (SSSR count). The van der Waals surface area contributed by atoms with Gasteiger partial charge in [0.25, 0.3) is 0 Å². The highest BCUT2D eigenvalue weighted by atomic mass is 16.5. The molecule has 1 aromatic rings. The fourth-order valence-corrected chi connectivity index (χ4v) is 5.28. The number of nitrogens with zero attached hydrogens (tertiary/aromatic N) is 2. The first-order valence-electron chi connectivity index (χ1n) is 13.0. The predicted molar refractivity (Wildman–Crippen MR) is 134 cm³/mol. The summed E-state index contributed by atoms with van der Waals surface area (Å²) in [7, 11) is 0. The Hall–Kier alpha value is -1.95. The average molecular weight is 452 g/mol. The Morgan fingerprint density at radius 3 is 2.27 bits per heavy atom. The lowest BCUT2D eigenvalue weighted by Gasteiger charge is -2.34. The van der Waals surface area contributed by atoms with Crippen LogP contribution in [0.5, 0.6) is 0 Å². The Morgan fingerprint density at radius 2 is 1.61 bits per heavy atom. The van der Waals surface area contributed by atoms with Crippen molar-refractivity contribution in [3.63, 3.8) is 0 Å². The van der Waals surface area contributed by atoms with E-state index in [1.54, 1.807) is 0 Å². The van der Waals surface area contributed by atoms with Crippen LogP contribution in [0.3, 0.4) is 0 Å². The quantitative estimate of drug-likeness (QED) is 0.311. The first-order valence-corrected chi connectivity index (χ1v) is 13.0. The van der Waals surface area contributed by atoms with E-state index in [1.165, 1.54) is 57.2 Å². The van der Waals surface area contributed by atoms with Crippen LogP contribution in [0.4, 0.5) is 0 Å². The summed E-state index contributed by atoms with van der Waals surface area (Å²) in [5.41, 5.74) is 0.352. The standard InChI is InChI=1S/C28H41N3O2/c32-24-28(29-15-10-20-30-16-6-2-7-17-30)14-13-26(25-11-4-1-5-12-25)23-27(28)33-22-21-31-18-8-3-9-19-31/h1,4-5,11-14,23-24,26,29H,2-3,6-10,15-22H2. The van der Waals surface area contributed by atoms with Crippen molar-refractivity contribution < 1.29 is 9.53 Å². The molecule has 1 N–H and O–H groups in total. The predicted octanol–water partition coefficient (Wildman–Crippen LogP) is 4.13. The number of carbonyl (C=O) groups is 1. The van der Waals surface area contributed by atoms with Gasteiger partial charge in [0, 0.05) is 12.5 Å². The molecule has 0 radical (unpaired) electrons. The molecular formula is C28H41N3O2. The highest BCUT2D eigenvalue weighted by molar-refractivity contribution is 5.74. The van der Waals surface area contributed by atoms with Crippen molar-refractivity contribution in [3.05, 3.63) is 59.9 Å². The van der Waals surface area contributed by atoms with Crippen LogP contribution in [0, 0.1) is 0 Å². The van der Waals surface area contributed by atoms with Crippen molar-refractivity contribution in [1.29, 1.82) is 0 Å². The summed E-state index contributed by atoms with van der Waals surface area (Å²) in [6, 6.07) is 10.4. The molecule has 2 saturated heterocycles. The van der Waals surface area contributed by atoms with Crippen LogP contribution in [0.2, 0.25) is 0 Å². The molecule has 5 heteroatoms. The van der Waals surface area contributed by atoms with E-state index in [4.69, 9.17) is 4.74 Å². The number of carbonyl (C=O) groups excluding carboxylic acids is 1. The maximum absolute atomic E-state index is 12.4. The van der Waals surface area contributed by atoms with Crippen molar-refractivity contribution in [3.8, 4) is 0 Å². The van der Waals surface area contributed by atoms with Gasteiger partial charge in [-0.1, -0.05) is 55.3 Å². The lowest BCUT2D eigenvalue weighted by molar-refractivity contribution is -0.112. The van der Waals surface area contributed by atoms with E-state index >= 15 is 0 Å². The lowest BCUT2D eigenvalue weighted by atomic mass is 9.85. The third-order valence-corrected chi connectivity index (χ3v) is 7.31. The number of nitrogens with one attached hydrogen (secondary N) is 1. The Bertz CT molecular complexity index is 782. The van der Waals surface area contributed by atoms with Crippen LogP contribution < -0.4 is 5.32 Å². The highest BCUT2D eigenvalue weighted by Crippen LogP contribution is 2.31. The van der Waals surface area contributed by atoms with Crippen molar-refractivity contribution in [2.75, 3.05) is 52.4 Å². The molecule has 5 nitrogen and oxygen atoms in total. The second kappa shape index (κ2) is 12.5. The van der Waals surface area contributed by atoms with E-state index in [1.807, 2.05) is 12.1 Å². The van der Waals surface area contributed by atoms with Gasteiger partial charge in [-0.05, 0) is 83.0 Å². The van der Waals surface area contributed by atoms with Gasteiger partial charge in [0.15, 0.2) is 11.8 Å². The van der Waals surface area contributed by atoms with Crippen molar-refractivity contribution >= 4 is 6.29 Å². The molecule has 2 heterocycles. The molecule has 0 aromatic heterocycles. The molecule has 2 fully saturated rings. The van der Waals surface area contributed by atoms with E-state index in [0.29, 0.717) is 6.61 Å². The first-order chi connectivity index (χ1) is 16.3. The van der Waals surface area contributed by atoms with Gasteiger partial charge in [-0.2, -0.15) is 0 Å². The molecule has 2 atom stereocenters. The molecule has 1 aliphatic carbocycles. The number of piperidine rings is 2. The summed E-state index contributed by atoms with van der Waals surface area (Å²) in [5.74, 6) is 0.878. The summed E-state index contributed by atoms with van der Waals surface area (Å²) in [5, 5.41) is 3.55. The van der Waals surface area contributed by atoms with Gasteiger partial charge in [-0.15, -0.1) is 0 Å². The summed E-state index contributed by atoms with van der Waals surface area (Å²) in [4.78, 5) is 17.5. The molecule has 33 heavy (non-hydrogen) atoms. The Kier molecular flexibility index (Phi) is 9.16. The minimum absolute atomic E-state index is 0.124. The third-order valence-electron chi connectivity index (χ3n) is 7.31. The van der Waals surface area contributed by atoms with E-state index in [-0.39, 0.29) is 5.92 Å². The van der Waals surface area contributed by atoms with E-state index < -0.39 is 5.54 Å². The van der Waals surface area contributed by atoms with Crippen molar-refractivity contribution in [1.82, 2.24) is 15.1 Å².